The lowest BCUT2D eigenvalue weighted by Crippen LogP contribution is -2.40. The zero-order valence-corrected chi connectivity index (χ0v) is 22.4. The van der Waals surface area contributed by atoms with Crippen molar-refractivity contribution in [2.45, 2.75) is 104 Å². The predicted octanol–water partition coefficient (Wildman–Crippen LogP) is 8.02. The average Bonchev–Trinajstić information content (AvgIpc) is 3.26. The van der Waals surface area contributed by atoms with Gasteiger partial charge in [0.05, 0.1) is 0 Å². The van der Waals surface area contributed by atoms with E-state index in [0.29, 0.717) is 47.6 Å². The minimum Gasteiger partial charge on any atom is -0.299 e. The zero-order valence-electron chi connectivity index (χ0n) is 21.5. The number of carbonyl (C=O) groups excluding carboxylic acids is 2. The van der Waals surface area contributed by atoms with Gasteiger partial charge in [0, 0.05) is 24.7 Å². The first-order valence-electron chi connectivity index (χ1n) is 13.7. The third kappa shape index (κ3) is 6.65. The maximum absolute atomic E-state index is 13.1. The molecule has 0 aromatic heterocycles. The summed E-state index contributed by atoms with van der Waals surface area (Å²) in [7, 11) is 0. The van der Waals surface area contributed by atoms with Crippen LogP contribution in [0, 0.1) is 40.4 Å². The van der Waals surface area contributed by atoms with Crippen LogP contribution in [0.2, 0.25) is 0 Å². The van der Waals surface area contributed by atoms with E-state index in [9.17, 15) is 9.59 Å². The van der Waals surface area contributed by atoms with E-state index in [2.05, 4.69) is 52.1 Å². The fourth-order valence-electron chi connectivity index (χ4n) is 7.20. The van der Waals surface area contributed by atoms with Gasteiger partial charge >= 0.3 is 0 Å². The van der Waals surface area contributed by atoms with Crippen LogP contribution >= 0.6 is 12.6 Å². The second kappa shape index (κ2) is 11.7. The Bertz CT molecular complexity index is 719. The minimum atomic E-state index is 0.190. The van der Waals surface area contributed by atoms with E-state index in [1.54, 1.807) is 0 Å². The van der Waals surface area contributed by atoms with E-state index in [4.69, 9.17) is 0 Å². The molecule has 0 heterocycles. The average molecular weight is 473 g/mol. The van der Waals surface area contributed by atoms with Crippen LogP contribution in [0.3, 0.4) is 0 Å². The van der Waals surface area contributed by atoms with Crippen LogP contribution in [0.1, 0.15) is 104 Å². The number of hydrogen-bond acceptors (Lipinski definition) is 3. The van der Waals surface area contributed by atoms with E-state index in [-0.39, 0.29) is 17.3 Å². The summed E-state index contributed by atoms with van der Waals surface area (Å²) in [4.78, 5) is 26.1. The van der Waals surface area contributed by atoms with Crippen LogP contribution in [0.4, 0.5) is 0 Å². The van der Waals surface area contributed by atoms with Crippen molar-refractivity contribution in [2.75, 3.05) is 5.75 Å². The number of thiol groups is 1. The van der Waals surface area contributed by atoms with Crippen molar-refractivity contribution in [2.24, 2.45) is 40.4 Å². The van der Waals surface area contributed by atoms with Gasteiger partial charge in [-0.15, -0.1) is 6.58 Å². The molecule has 0 aliphatic heterocycles. The van der Waals surface area contributed by atoms with Gasteiger partial charge in [0.1, 0.15) is 11.6 Å². The number of Topliss-reactive ketones (excluding diaryl/α,β-unsaturated/α-hetero) is 2. The fourth-order valence-corrected chi connectivity index (χ4v) is 7.49. The Labute approximate surface area is 208 Å². The van der Waals surface area contributed by atoms with Crippen molar-refractivity contribution < 1.29 is 9.59 Å². The highest BCUT2D eigenvalue weighted by atomic mass is 32.1. The van der Waals surface area contributed by atoms with Crippen LogP contribution < -0.4 is 0 Å². The van der Waals surface area contributed by atoms with Crippen LogP contribution in [-0.4, -0.2) is 17.3 Å². The van der Waals surface area contributed by atoms with Crippen LogP contribution in [0.5, 0.6) is 0 Å². The summed E-state index contributed by atoms with van der Waals surface area (Å²) < 4.78 is 0. The van der Waals surface area contributed by atoms with E-state index >= 15 is 0 Å². The van der Waals surface area contributed by atoms with Crippen molar-refractivity contribution in [3.05, 3.63) is 24.8 Å². The summed E-state index contributed by atoms with van der Waals surface area (Å²) in [6.07, 6.45) is 20.3. The van der Waals surface area contributed by atoms with E-state index in [1.807, 2.05) is 6.08 Å². The summed E-state index contributed by atoms with van der Waals surface area (Å²) in [5.74, 6) is 3.51. The maximum atomic E-state index is 13.1. The summed E-state index contributed by atoms with van der Waals surface area (Å²) in [5, 5.41) is 0. The number of hydrogen-bond donors (Lipinski definition) is 1. The van der Waals surface area contributed by atoms with Gasteiger partial charge in [-0.2, -0.15) is 12.6 Å². The lowest BCUT2D eigenvalue weighted by molar-refractivity contribution is -0.128. The maximum Gasteiger partial charge on any atom is 0.136 e. The molecule has 3 saturated carbocycles. The molecular weight excluding hydrogens is 424 g/mol. The Hall–Kier alpha value is -0.830. The highest BCUT2D eigenvalue weighted by Gasteiger charge is 2.46. The molecule has 6 atom stereocenters. The Morgan fingerprint density at radius 2 is 1.64 bits per heavy atom. The lowest BCUT2D eigenvalue weighted by atomic mass is 9.59. The van der Waals surface area contributed by atoms with Crippen molar-refractivity contribution in [3.8, 4) is 0 Å². The normalized spacial score (nSPS) is 36.3. The molecule has 186 valence electrons. The Kier molecular flexibility index (Phi) is 9.52. The molecule has 3 aliphatic rings. The largest absolute Gasteiger partial charge is 0.299 e. The van der Waals surface area contributed by atoms with Gasteiger partial charge < -0.3 is 0 Å². The third-order valence-electron chi connectivity index (χ3n) is 9.64. The van der Waals surface area contributed by atoms with Crippen LogP contribution in [0.15, 0.2) is 24.8 Å². The van der Waals surface area contributed by atoms with Gasteiger partial charge in [0.2, 0.25) is 0 Å². The molecule has 2 nitrogen and oxygen atoms in total. The molecule has 3 heteroatoms. The molecule has 3 rings (SSSR count). The van der Waals surface area contributed by atoms with Crippen LogP contribution in [0.25, 0.3) is 0 Å². The number of rotatable bonds is 10. The standard InChI is InChI=1S/C30H48O2S/c1-5-6-12-28(32)26-20-30(15-9-10-16-30)18-24(23(26)3)11-7-8-13-27(31)25-19-29(4,21-33)17-14-22(25)2/h5,7,11,22-26,33H,1,6,8-10,12-21H2,2-4H3/b11-7+. The molecule has 3 aliphatic carbocycles. The molecule has 3 fully saturated rings. The van der Waals surface area contributed by atoms with Gasteiger partial charge in [-0.05, 0) is 92.1 Å². The Balaban J connectivity index is 1.59. The van der Waals surface area contributed by atoms with Gasteiger partial charge in [0.15, 0.2) is 0 Å². The van der Waals surface area contributed by atoms with Gasteiger partial charge in [0.25, 0.3) is 0 Å². The van der Waals surface area contributed by atoms with Crippen LogP contribution in [-0.2, 0) is 9.59 Å². The van der Waals surface area contributed by atoms with E-state index in [0.717, 1.165) is 37.9 Å². The first-order valence-corrected chi connectivity index (χ1v) is 14.3. The monoisotopic (exact) mass is 472 g/mol. The minimum absolute atomic E-state index is 0.190. The number of carbonyl (C=O) groups is 2. The molecule has 0 radical (unpaired) electrons. The predicted molar refractivity (Wildman–Crippen MR) is 143 cm³/mol. The van der Waals surface area contributed by atoms with E-state index in [1.165, 1.54) is 38.5 Å². The molecule has 0 saturated heterocycles. The number of allylic oxidation sites excluding steroid dienone is 3. The highest BCUT2D eigenvalue weighted by molar-refractivity contribution is 7.80. The van der Waals surface area contributed by atoms with Crippen molar-refractivity contribution >= 4 is 24.2 Å². The van der Waals surface area contributed by atoms with Gasteiger partial charge in [-0.25, -0.2) is 0 Å². The van der Waals surface area contributed by atoms with Crippen molar-refractivity contribution in [1.82, 2.24) is 0 Å². The summed E-state index contributed by atoms with van der Waals surface area (Å²) >= 11 is 4.56. The van der Waals surface area contributed by atoms with E-state index < -0.39 is 0 Å². The number of ketones is 2. The fraction of sp³-hybridized carbons (Fsp3) is 0.800. The summed E-state index contributed by atoms with van der Waals surface area (Å²) in [5.41, 5.74) is 0.590. The lowest BCUT2D eigenvalue weighted by Gasteiger charge is -2.45. The smallest absolute Gasteiger partial charge is 0.136 e. The molecule has 0 aromatic carbocycles. The van der Waals surface area contributed by atoms with Gasteiger partial charge in [-0.3, -0.25) is 9.59 Å². The molecule has 0 aromatic rings. The second-order valence-electron chi connectivity index (χ2n) is 12.3. The molecule has 1 spiro atoms. The summed E-state index contributed by atoms with van der Waals surface area (Å²) in [6, 6.07) is 0. The molecular formula is C30H48O2S. The molecule has 33 heavy (non-hydrogen) atoms. The third-order valence-corrected chi connectivity index (χ3v) is 10.4. The zero-order chi connectivity index (χ0) is 24.1. The SMILES string of the molecule is C=CCCC(=O)C1CC2(CCCC2)CC(/C=C/CCC(=O)C2CC(C)(CS)CCC2C)C1C. The Morgan fingerprint density at radius 3 is 2.30 bits per heavy atom. The Morgan fingerprint density at radius 1 is 0.970 bits per heavy atom. The molecule has 0 bridgehead atoms. The first kappa shape index (κ1) is 26.8. The highest BCUT2D eigenvalue weighted by Crippen LogP contribution is 2.55. The quantitative estimate of drug-likeness (QED) is 0.258. The molecule has 6 unspecified atom stereocenters. The second-order valence-corrected chi connectivity index (χ2v) is 12.6. The van der Waals surface area contributed by atoms with Crippen molar-refractivity contribution in [1.29, 1.82) is 0 Å². The molecule has 0 amide bonds. The van der Waals surface area contributed by atoms with Gasteiger partial charge in [-0.1, -0.05) is 51.8 Å². The summed E-state index contributed by atoms with van der Waals surface area (Å²) in [6.45, 7) is 10.6. The van der Waals surface area contributed by atoms with Crippen molar-refractivity contribution in [3.63, 3.8) is 0 Å². The topological polar surface area (TPSA) is 34.1 Å². The molecule has 0 N–H and O–H groups in total. The first-order chi connectivity index (χ1) is 15.7.